The van der Waals surface area contributed by atoms with E-state index in [2.05, 4.69) is 4.98 Å². The number of rotatable bonds is 4. The number of pyridine rings is 1. The molecule has 1 atom stereocenters. The Morgan fingerprint density at radius 2 is 2.05 bits per heavy atom. The number of hydrogen-bond donors (Lipinski definition) is 1. The van der Waals surface area contributed by atoms with Gasteiger partial charge in [-0.15, -0.1) is 0 Å². The van der Waals surface area contributed by atoms with Gasteiger partial charge >= 0.3 is 5.69 Å². The smallest absolute Gasteiger partial charge is 0.307 e. The highest BCUT2D eigenvalue weighted by atomic mass is 19.1. The van der Waals surface area contributed by atoms with Crippen LogP contribution in [-0.2, 0) is 0 Å². The molecule has 2 N–H and O–H groups in total. The fourth-order valence-electron chi connectivity index (χ4n) is 1.58. The summed E-state index contributed by atoms with van der Waals surface area (Å²) in [5.41, 5.74) is 5.28. The highest BCUT2D eigenvalue weighted by molar-refractivity contribution is 5.41. The van der Waals surface area contributed by atoms with Crippen LogP contribution in [0.3, 0.4) is 0 Å². The minimum absolute atomic E-state index is 0.159. The topological polar surface area (TPSA) is 91.3 Å². The van der Waals surface area contributed by atoms with Gasteiger partial charge in [0.15, 0.2) is 11.6 Å². The number of nitro benzene ring substituents is 1. The first-order valence-corrected chi connectivity index (χ1v) is 5.91. The molecule has 0 aliphatic heterocycles. The lowest BCUT2D eigenvalue weighted by molar-refractivity contribution is -0.387. The molecule has 0 amide bonds. The maximum Gasteiger partial charge on any atom is 0.307 e. The van der Waals surface area contributed by atoms with Gasteiger partial charge in [-0.25, -0.2) is 4.39 Å². The predicted molar refractivity (Wildman–Crippen MR) is 69.9 cm³/mol. The molecule has 0 saturated heterocycles. The van der Waals surface area contributed by atoms with Crippen LogP contribution in [0.15, 0.2) is 30.5 Å². The third kappa shape index (κ3) is 3.29. The summed E-state index contributed by atoms with van der Waals surface area (Å²) in [7, 11) is 0. The van der Waals surface area contributed by atoms with Crippen molar-refractivity contribution in [3.8, 4) is 11.5 Å². The summed E-state index contributed by atoms with van der Waals surface area (Å²) in [5.74, 6) is -2.53. The molecule has 0 aliphatic rings. The molecular formula is C13H11F2N3O3. The van der Waals surface area contributed by atoms with Crippen LogP contribution >= 0.6 is 0 Å². The van der Waals surface area contributed by atoms with Crippen LogP contribution in [0.1, 0.15) is 18.7 Å². The molecule has 0 spiro atoms. The quantitative estimate of drug-likeness (QED) is 0.691. The van der Waals surface area contributed by atoms with Crippen molar-refractivity contribution in [3.05, 3.63) is 57.9 Å². The predicted octanol–water partition coefficient (Wildman–Crippen LogP) is 3.08. The molecule has 2 rings (SSSR count). The second-order valence-corrected chi connectivity index (χ2v) is 4.30. The van der Waals surface area contributed by atoms with Crippen LogP contribution in [0, 0.1) is 21.7 Å². The van der Waals surface area contributed by atoms with E-state index in [0.717, 1.165) is 0 Å². The van der Waals surface area contributed by atoms with Crippen LogP contribution in [0.5, 0.6) is 11.5 Å². The maximum atomic E-state index is 13.6. The zero-order chi connectivity index (χ0) is 15.6. The summed E-state index contributed by atoms with van der Waals surface area (Å²) in [6.45, 7) is 1.74. The highest BCUT2D eigenvalue weighted by Gasteiger charge is 2.19. The molecule has 8 heteroatoms. The van der Waals surface area contributed by atoms with Crippen molar-refractivity contribution in [2.24, 2.45) is 5.73 Å². The molecule has 0 saturated carbocycles. The van der Waals surface area contributed by atoms with E-state index in [1.807, 2.05) is 0 Å². The molecule has 0 aliphatic carbocycles. The van der Waals surface area contributed by atoms with Crippen molar-refractivity contribution >= 4 is 5.69 Å². The van der Waals surface area contributed by atoms with Crippen LogP contribution in [0.25, 0.3) is 0 Å². The summed E-state index contributed by atoms with van der Waals surface area (Å²) in [4.78, 5) is 13.5. The lowest BCUT2D eigenvalue weighted by Gasteiger charge is -2.08. The Hall–Kier alpha value is -2.61. The number of hydrogen-bond acceptors (Lipinski definition) is 5. The molecule has 0 bridgehead atoms. The maximum absolute atomic E-state index is 13.6. The number of nitrogens with zero attached hydrogens (tertiary/aromatic N) is 2. The van der Waals surface area contributed by atoms with E-state index in [4.69, 9.17) is 10.5 Å². The number of nitrogens with two attached hydrogens (primary N) is 1. The zero-order valence-corrected chi connectivity index (χ0v) is 10.9. The van der Waals surface area contributed by atoms with E-state index in [9.17, 15) is 18.9 Å². The molecule has 0 unspecified atom stereocenters. The first kappa shape index (κ1) is 14.8. The van der Waals surface area contributed by atoms with E-state index in [-0.39, 0.29) is 11.8 Å². The van der Waals surface area contributed by atoms with Gasteiger partial charge in [-0.1, -0.05) is 0 Å². The van der Waals surface area contributed by atoms with Crippen LogP contribution < -0.4 is 10.5 Å². The van der Waals surface area contributed by atoms with Crippen molar-refractivity contribution in [2.45, 2.75) is 13.0 Å². The Balaban J connectivity index is 2.27. The lowest BCUT2D eigenvalue weighted by atomic mass is 10.2. The fraction of sp³-hybridized carbons (Fsp3) is 0.154. The van der Waals surface area contributed by atoms with E-state index >= 15 is 0 Å². The first-order chi connectivity index (χ1) is 9.88. The number of ether oxygens (including phenoxy) is 1. The largest absolute Gasteiger partial charge is 0.453 e. The van der Waals surface area contributed by atoms with Gasteiger partial charge in [0.2, 0.25) is 5.82 Å². The Labute approximate surface area is 118 Å². The number of halogens is 2. The van der Waals surface area contributed by atoms with Crippen molar-refractivity contribution < 1.29 is 18.4 Å². The normalized spacial score (nSPS) is 12.0. The van der Waals surface area contributed by atoms with Crippen molar-refractivity contribution in [3.63, 3.8) is 0 Å². The average molecular weight is 295 g/mol. The van der Waals surface area contributed by atoms with Gasteiger partial charge in [-0.05, 0) is 19.1 Å². The molecule has 6 nitrogen and oxygen atoms in total. The van der Waals surface area contributed by atoms with Gasteiger partial charge in [0.05, 0.1) is 22.9 Å². The van der Waals surface area contributed by atoms with Crippen molar-refractivity contribution in [1.29, 1.82) is 0 Å². The second-order valence-electron chi connectivity index (χ2n) is 4.30. The molecule has 0 radical (unpaired) electrons. The van der Waals surface area contributed by atoms with Crippen LogP contribution in [0.2, 0.25) is 0 Å². The van der Waals surface area contributed by atoms with Gasteiger partial charge in [0, 0.05) is 12.1 Å². The summed E-state index contributed by atoms with van der Waals surface area (Å²) in [5, 5.41) is 10.5. The third-order valence-electron chi connectivity index (χ3n) is 2.65. The molecule has 1 aromatic heterocycles. The Kier molecular flexibility index (Phi) is 4.08. The van der Waals surface area contributed by atoms with Crippen LogP contribution in [-0.4, -0.2) is 9.91 Å². The summed E-state index contributed by atoms with van der Waals surface area (Å²) in [6.07, 6.45) is 1.30. The summed E-state index contributed by atoms with van der Waals surface area (Å²) in [6, 6.07) is 3.89. The molecule has 1 aromatic carbocycles. The lowest BCUT2D eigenvalue weighted by Crippen LogP contribution is -2.06. The van der Waals surface area contributed by atoms with Crippen LogP contribution in [0.4, 0.5) is 14.5 Å². The van der Waals surface area contributed by atoms with Gasteiger partial charge in [-0.2, -0.15) is 4.39 Å². The highest BCUT2D eigenvalue weighted by Crippen LogP contribution is 2.29. The monoisotopic (exact) mass is 295 g/mol. The molecule has 1 heterocycles. The van der Waals surface area contributed by atoms with Gasteiger partial charge in [0.25, 0.3) is 0 Å². The van der Waals surface area contributed by atoms with Crippen molar-refractivity contribution in [2.75, 3.05) is 0 Å². The van der Waals surface area contributed by atoms with E-state index < -0.39 is 28.0 Å². The van der Waals surface area contributed by atoms with Crippen molar-refractivity contribution in [1.82, 2.24) is 4.98 Å². The zero-order valence-electron chi connectivity index (χ0n) is 10.9. The molecular weight excluding hydrogens is 284 g/mol. The number of aromatic nitrogens is 1. The Morgan fingerprint density at radius 1 is 1.33 bits per heavy atom. The standard InChI is InChI=1S/C13H11F2N3O3/c1-7(16)11-3-2-8(6-17-11)21-13-5-9(14)12(18(19)20)4-10(13)15/h2-7H,16H2,1H3/t7-/m1/s1. The molecule has 2 aromatic rings. The fourth-order valence-corrected chi connectivity index (χ4v) is 1.58. The summed E-state index contributed by atoms with van der Waals surface area (Å²) < 4.78 is 32.2. The Morgan fingerprint density at radius 3 is 2.57 bits per heavy atom. The number of nitro groups is 1. The average Bonchev–Trinajstić information content (AvgIpc) is 2.42. The minimum Gasteiger partial charge on any atom is -0.453 e. The van der Waals surface area contributed by atoms with E-state index in [1.54, 1.807) is 13.0 Å². The van der Waals surface area contributed by atoms with Gasteiger partial charge < -0.3 is 10.5 Å². The molecule has 110 valence electrons. The van der Waals surface area contributed by atoms with Gasteiger partial charge in [-0.3, -0.25) is 15.1 Å². The molecule has 0 fully saturated rings. The third-order valence-corrected chi connectivity index (χ3v) is 2.65. The van der Waals surface area contributed by atoms with E-state index in [0.29, 0.717) is 17.8 Å². The van der Waals surface area contributed by atoms with E-state index in [1.165, 1.54) is 12.3 Å². The molecule has 21 heavy (non-hydrogen) atoms. The second kappa shape index (κ2) is 5.80. The number of benzene rings is 1. The van der Waals surface area contributed by atoms with Gasteiger partial charge in [0.1, 0.15) is 5.75 Å². The Bertz CT molecular complexity index is 675. The minimum atomic E-state index is -1.18. The first-order valence-electron chi connectivity index (χ1n) is 5.91. The SMILES string of the molecule is C[C@@H](N)c1ccc(Oc2cc(F)c([N+](=O)[O-])cc2F)cn1. The summed E-state index contributed by atoms with van der Waals surface area (Å²) >= 11 is 0.